The summed E-state index contributed by atoms with van der Waals surface area (Å²) < 4.78 is 26.3. The highest BCUT2D eigenvalue weighted by Crippen LogP contribution is 2.36. The highest BCUT2D eigenvalue weighted by Gasteiger charge is 2.41. The number of aliphatic carboxylic acids is 1. The number of anilines is 2. The molecule has 1 aliphatic rings. The monoisotopic (exact) mass is 354 g/mol. The minimum Gasteiger partial charge on any atom is -0.481 e. The summed E-state index contributed by atoms with van der Waals surface area (Å²) >= 11 is 0. The lowest BCUT2D eigenvalue weighted by molar-refractivity contribution is -0.151. The largest absolute Gasteiger partial charge is 0.481 e. The van der Waals surface area contributed by atoms with Crippen molar-refractivity contribution < 1.29 is 23.1 Å². The molecule has 1 fully saturated rings. The third-order valence-corrected chi connectivity index (χ3v) is 5.73. The first-order chi connectivity index (χ1) is 11.2. The smallest absolute Gasteiger partial charge is 0.307 e. The number of sulfonamides is 1. The summed E-state index contributed by atoms with van der Waals surface area (Å²) in [4.78, 5) is 23.3. The van der Waals surface area contributed by atoms with E-state index in [0.29, 0.717) is 36.2 Å². The zero-order valence-corrected chi connectivity index (χ0v) is 14.5. The second kappa shape index (κ2) is 7.21. The highest BCUT2D eigenvalue weighted by molar-refractivity contribution is 7.92. The molecule has 2 rings (SSSR count). The van der Waals surface area contributed by atoms with E-state index in [1.54, 1.807) is 32.0 Å². The summed E-state index contributed by atoms with van der Waals surface area (Å²) in [6.07, 6.45) is 1.55. The quantitative estimate of drug-likeness (QED) is 0.695. The number of carboxylic acids is 1. The number of amides is 1. The molecule has 0 radical (unpaired) electrons. The van der Waals surface area contributed by atoms with E-state index in [-0.39, 0.29) is 11.7 Å². The average Bonchev–Trinajstić information content (AvgIpc) is 2.41. The molecule has 0 heterocycles. The van der Waals surface area contributed by atoms with Crippen molar-refractivity contribution in [2.45, 2.75) is 33.1 Å². The van der Waals surface area contributed by atoms with Crippen molar-refractivity contribution in [3.05, 3.63) is 23.8 Å². The number of hydrogen-bond donors (Lipinski definition) is 3. The van der Waals surface area contributed by atoms with Gasteiger partial charge in [0.1, 0.15) is 0 Å². The van der Waals surface area contributed by atoms with E-state index in [1.807, 2.05) is 0 Å². The van der Waals surface area contributed by atoms with E-state index >= 15 is 0 Å². The number of carbonyl (C=O) groups excluding carboxylic acids is 1. The summed E-state index contributed by atoms with van der Waals surface area (Å²) in [5, 5.41) is 11.8. The van der Waals surface area contributed by atoms with Gasteiger partial charge in [0.2, 0.25) is 15.9 Å². The molecule has 0 aliphatic heterocycles. The molecule has 1 saturated carbocycles. The number of hydrogen-bond acceptors (Lipinski definition) is 4. The third kappa shape index (κ3) is 4.05. The van der Waals surface area contributed by atoms with Crippen LogP contribution in [-0.2, 0) is 19.6 Å². The van der Waals surface area contributed by atoms with Gasteiger partial charge in [-0.15, -0.1) is 0 Å². The molecule has 3 N–H and O–H groups in total. The Morgan fingerprint density at radius 1 is 1.21 bits per heavy atom. The second-order valence-electron chi connectivity index (χ2n) is 6.02. The topological polar surface area (TPSA) is 113 Å². The summed E-state index contributed by atoms with van der Waals surface area (Å²) in [6.45, 7) is 3.48. The Bertz CT molecular complexity index is 745. The van der Waals surface area contributed by atoms with Gasteiger partial charge in [0, 0.05) is 5.69 Å². The molecule has 0 bridgehead atoms. The molecule has 132 valence electrons. The van der Waals surface area contributed by atoms with Gasteiger partial charge in [-0.05, 0) is 43.9 Å². The fraction of sp³-hybridized carbons (Fsp3) is 0.500. The van der Waals surface area contributed by atoms with E-state index in [1.165, 1.54) is 0 Å². The van der Waals surface area contributed by atoms with Crippen LogP contribution in [0, 0.1) is 18.8 Å². The van der Waals surface area contributed by atoms with Gasteiger partial charge in [0.15, 0.2) is 0 Å². The lowest BCUT2D eigenvalue weighted by Gasteiger charge is -2.32. The van der Waals surface area contributed by atoms with Gasteiger partial charge in [0.25, 0.3) is 0 Å². The maximum atomic E-state index is 12.2. The molecule has 2 unspecified atom stereocenters. The molecule has 1 aromatic rings. The molecule has 1 aromatic carbocycles. The number of benzene rings is 1. The van der Waals surface area contributed by atoms with Crippen LogP contribution in [0.5, 0.6) is 0 Å². The Kier molecular flexibility index (Phi) is 5.48. The van der Waals surface area contributed by atoms with Crippen molar-refractivity contribution in [1.29, 1.82) is 0 Å². The fourth-order valence-electron chi connectivity index (χ4n) is 2.70. The normalized spacial score (nSPS) is 20.1. The van der Waals surface area contributed by atoms with Crippen LogP contribution < -0.4 is 10.0 Å². The first-order valence-corrected chi connectivity index (χ1v) is 9.54. The molecule has 7 nitrogen and oxygen atoms in total. The Morgan fingerprint density at radius 3 is 2.38 bits per heavy atom. The predicted molar refractivity (Wildman–Crippen MR) is 91.4 cm³/mol. The molecular weight excluding hydrogens is 332 g/mol. The van der Waals surface area contributed by atoms with Crippen LogP contribution in [0.1, 0.15) is 31.7 Å². The van der Waals surface area contributed by atoms with Crippen molar-refractivity contribution in [1.82, 2.24) is 0 Å². The zero-order chi connectivity index (χ0) is 17.9. The van der Waals surface area contributed by atoms with E-state index in [0.717, 1.165) is 0 Å². The second-order valence-corrected chi connectivity index (χ2v) is 7.86. The Hall–Kier alpha value is -2.09. The minimum absolute atomic E-state index is 0.0192. The van der Waals surface area contributed by atoms with E-state index in [4.69, 9.17) is 5.11 Å². The van der Waals surface area contributed by atoms with Crippen molar-refractivity contribution in [2.75, 3.05) is 15.8 Å². The molecule has 0 aromatic heterocycles. The van der Waals surface area contributed by atoms with Gasteiger partial charge in [-0.3, -0.25) is 14.3 Å². The number of rotatable bonds is 7. The Balaban J connectivity index is 2.13. The Labute approximate surface area is 141 Å². The van der Waals surface area contributed by atoms with Crippen LogP contribution in [0.25, 0.3) is 0 Å². The third-order valence-electron chi connectivity index (χ3n) is 4.26. The number of carboxylic acid groups (broad SMARTS) is 1. The van der Waals surface area contributed by atoms with Crippen LogP contribution in [-0.4, -0.2) is 31.2 Å². The van der Waals surface area contributed by atoms with Crippen LogP contribution in [0.2, 0.25) is 0 Å². The van der Waals surface area contributed by atoms with Gasteiger partial charge >= 0.3 is 5.97 Å². The van der Waals surface area contributed by atoms with Gasteiger partial charge < -0.3 is 10.4 Å². The number of nitrogens with one attached hydrogen (secondary N) is 2. The first-order valence-electron chi connectivity index (χ1n) is 7.89. The highest BCUT2D eigenvalue weighted by atomic mass is 32.2. The van der Waals surface area contributed by atoms with Gasteiger partial charge in [-0.2, -0.15) is 0 Å². The predicted octanol–water partition coefficient (Wildman–Crippen LogP) is 2.20. The van der Waals surface area contributed by atoms with Crippen molar-refractivity contribution in [3.8, 4) is 0 Å². The molecule has 1 amide bonds. The number of carbonyl (C=O) groups is 2. The van der Waals surface area contributed by atoms with Crippen LogP contribution >= 0.6 is 0 Å². The standard InChI is InChI=1S/C16H22N2O5S/c1-3-9-24(22,23)18-14-6-4-5-13(10(14)2)17-15(19)11-7-8-12(11)16(20)21/h4-6,11-12,18H,3,7-9H2,1-2H3,(H,17,19)(H,20,21). The maximum Gasteiger partial charge on any atom is 0.307 e. The van der Waals surface area contributed by atoms with E-state index in [2.05, 4.69) is 10.0 Å². The molecular formula is C16H22N2O5S. The SMILES string of the molecule is CCCS(=O)(=O)Nc1cccc(NC(=O)C2CCC2C(=O)O)c1C. The first kappa shape index (κ1) is 18.3. The van der Waals surface area contributed by atoms with Gasteiger partial charge in [-0.25, -0.2) is 8.42 Å². The summed E-state index contributed by atoms with van der Waals surface area (Å²) in [6, 6.07) is 4.93. The minimum atomic E-state index is -3.42. The maximum absolute atomic E-state index is 12.2. The summed E-state index contributed by atoms with van der Waals surface area (Å²) in [5.41, 5.74) is 1.48. The molecule has 8 heteroatoms. The fourth-order valence-corrected chi connectivity index (χ4v) is 3.90. The van der Waals surface area contributed by atoms with Crippen molar-refractivity contribution in [3.63, 3.8) is 0 Å². The lowest BCUT2D eigenvalue weighted by Crippen LogP contribution is -2.41. The van der Waals surface area contributed by atoms with Gasteiger partial charge in [-0.1, -0.05) is 13.0 Å². The van der Waals surface area contributed by atoms with Gasteiger partial charge in [0.05, 0.1) is 23.3 Å². The van der Waals surface area contributed by atoms with Crippen molar-refractivity contribution >= 4 is 33.3 Å². The summed E-state index contributed by atoms with van der Waals surface area (Å²) in [7, 11) is -3.42. The molecule has 24 heavy (non-hydrogen) atoms. The average molecular weight is 354 g/mol. The van der Waals surface area contributed by atoms with Crippen LogP contribution in [0.4, 0.5) is 11.4 Å². The van der Waals surface area contributed by atoms with Crippen molar-refractivity contribution in [2.24, 2.45) is 11.8 Å². The molecule has 0 saturated heterocycles. The van der Waals surface area contributed by atoms with Crippen LogP contribution in [0.15, 0.2) is 18.2 Å². The molecule has 1 aliphatic carbocycles. The Morgan fingerprint density at radius 2 is 1.83 bits per heavy atom. The lowest BCUT2D eigenvalue weighted by atomic mass is 9.73. The molecule has 0 spiro atoms. The van der Waals surface area contributed by atoms with Crippen LogP contribution in [0.3, 0.4) is 0 Å². The molecule has 2 atom stereocenters. The zero-order valence-electron chi connectivity index (χ0n) is 13.7. The van der Waals surface area contributed by atoms with E-state index < -0.39 is 27.8 Å². The summed E-state index contributed by atoms with van der Waals surface area (Å²) in [5.74, 6) is -2.46. The van der Waals surface area contributed by atoms with E-state index in [9.17, 15) is 18.0 Å².